The van der Waals surface area contributed by atoms with Crippen molar-refractivity contribution in [2.45, 2.75) is 51.0 Å². The van der Waals surface area contributed by atoms with Crippen molar-refractivity contribution < 1.29 is 14.6 Å². The maximum atomic E-state index is 9.58. The van der Waals surface area contributed by atoms with Crippen LogP contribution < -0.4 is 5.32 Å². The SMILES string of the molecule is CCOC1CC(NCC(C)(C)O)C1OC. The molecule has 0 bridgehead atoms. The van der Waals surface area contributed by atoms with Crippen LogP contribution in [-0.4, -0.2) is 49.2 Å². The van der Waals surface area contributed by atoms with Crippen molar-refractivity contribution in [1.82, 2.24) is 5.32 Å². The standard InChI is InChI=1S/C11H23NO3/c1-5-15-9-6-8(10(9)14-4)12-7-11(2,3)13/h8-10,12-13H,5-7H2,1-4H3. The van der Waals surface area contributed by atoms with E-state index in [0.29, 0.717) is 12.6 Å². The van der Waals surface area contributed by atoms with Gasteiger partial charge in [0.25, 0.3) is 0 Å². The Morgan fingerprint density at radius 3 is 2.60 bits per heavy atom. The molecule has 90 valence electrons. The molecule has 3 atom stereocenters. The van der Waals surface area contributed by atoms with E-state index in [4.69, 9.17) is 9.47 Å². The summed E-state index contributed by atoms with van der Waals surface area (Å²) >= 11 is 0. The molecule has 0 aromatic carbocycles. The monoisotopic (exact) mass is 217 g/mol. The summed E-state index contributed by atoms with van der Waals surface area (Å²) in [6, 6.07) is 0.304. The normalized spacial score (nSPS) is 31.4. The van der Waals surface area contributed by atoms with E-state index in [-0.39, 0.29) is 12.2 Å². The molecule has 0 radical (unpaired) electrons. The van der Waals surface area contributed by atoms with Gasteiger partial charge in [-0.1, -0.05) is 0 Å². The molecule has 0 heterocycles. The van der Waals surface area contributed by atoms with Crippen LogP contribution in [0.1, 0.15) is 27.2 Å². The largest absolute Gasteiger partial charge is 0.389 e. The summed E-state index contributed by atoms with van der Waals surface area (Å²) in [5.74, 6) is 0. The zero-order valence-electron chi connectivity index (χ0n) is 10.1. The van der Waals surface area contributed by atoms with E-state index in [1.54, 1.807) is 21.0 Å². The minimum absolute atomic E-state index is 0.118. The molecular formula is C11H23NO3. The second-order valence-electron chi connectivity index (χ2n) is 4.73. The summed E-state index contributed by atoms with van der Waals surface area (Å²) in [5.41, 5.74) is -0.672. The number of nitrogens with one attached hydrogen (secondary N) is 1. The number of hydrogen-bond acceptors (Lipinski definition) is 4. The molecule has 15 heavy (non-hydrogen) atoms. The smallest absolute Gasteiger partial charge is 0.0986 e. The van der Waals surface area contributed by atoms with Crippen LogP contribution in [0.25, 0.3) is 0 Å². The van der Waals surface area contributed by atoms with Crippen LogP contribution in [0.4, 0.5) is 0 Å². The molecule has 1 saturated carbocycles. The van der Waals surface area contributed by atoms with Gasteiger partial charge in [-0.3, -0.25) is 0 Å². The molecular weight excluding hydrogens is 194 g/mol. The van der Waals surface area contributed by atoms with Gasteiger partial charge < -0.3 is 19.9 Å². The van der Waals surface area contributed by atoms with Crippen molar-refractivity contribution in [3.8, 4) is 0 Å². The van der Waals surface area contributed by atoms with Gasteiger partial charge >= 0.3 is 0 Å². The molecule has 4 nitrogen and oxygen atoms in total. The van der Waals surface area contributed by atoms with Gasteiger partial charge in [0.2, 0.25) is 0 Å². The predicted molar refractivity (Wildman–Crippen MR) is 58.9 cm³/mol. The van der Waals surface area contributed by atoms with E-state index >= 15 is 0 Å². The van der Waals surface area contributed by atoms with E-state index in [1.807, 2.05) is 6.92 Å². The third-order valence-electron chi connectivity index (χ3n) is 2.70. The van der Waals surface area contributed by atoms with E-state index in [9.17, 15) is 5.11 Å². The van der Waals surface area contributed by atoms with E-state index in [0.717, 1.165) is 13.0 Å². The second-order valence-corrected chi connectivity index (χ2v) is 4.73. The molecule has 0 aromatic heterocycles. The van der Waals surface area contributed by atoms with Crippen LogP contribution in [0.3, 0.4) is 0 Å². The molecule has 1 rings (SSSR count). The molecule has 1 aliphatic carbocycles. The Morgan fingerprint density at radius 2 is 2.13 bits per heavy atom. The lowest BCUT2D eigenvalue weighted by Gasteiger charge is -2.44. The average molecular weight is 217 g/mol. The lowest BCUT2D eigenvalue weighted by molar-refractivity contribution is -0.133. The van der Waals surface area contributed by atoms with Crippen LogP contribution in [0, 0.1) is 0 Å². The highest BCUT2D eigenvalue weighted by atomic mass is 16.5. The van der Waals surface area contributed by atoms with Gasteiger partial charge in [-0.15, -0.1) is 0 Å². The fourth-order valence-electron chi connectivity index (χ4n) is 1.86. The van der Waals surface area contributed by atoms with Gasteiger partial charge in [-0.05, 0) is 27.2 Å². The fourth-order valence-corrected chi connectivity index (χ4v) is 1.86. The maximum absolute atomic E-state index is 9.58. The number of hydrogen-bond donors (Lipinski definition) is 2. The predicted octanol–water partition coefficient (Wildman–Crippen LogP) is 0.539. The van der Waals surface area contributed by atoms with E-state index in [1.165, 1.54) is 0 Å². The molecule has 0 amide bonds. The summed E-state index contributed by atoms with van der Waals surface area (Å²) < 4.78 is 10.9. The highest BCUT2D eigenvalue weighted by Gasteiger charge is 2.42. The maximum Gasteiger partial charge on any atom is 0.0986 e. The molecule has 0 aromatic rings. The summed E-state index contributed by atoms with van der Waals surface area (Å²) in [6.07, 6.45) is 1.29. The van der Waals surface area contributed by atoms with Crippen molar-refractivity contribution in [3.05, 3.63) is 0 Å². The van der Waals surface area contributed by atoms with E-state index < -0.39 is 5.60 Å². The Balaban J connectivity index is 2.27. The number of methoxy groups -OCH3 is 1. The van der Waals surface area contributed by atoms with Crippen LogP contribution in [0.5, 0.6) is 0 Å². The zero-order chi connectivity index (χ0) is 11.5. The summed E-state index contributed by atoms with van der Waals surface area (Å²) in [6.45, 7) is 6.88. The van der Waals surface area contributed by atoms with Crippen molar-refractivity contribution >= 4 is 0 Å². The molecule has 0 aliphatic heterocycles. The lowest BCUT2D eigenvalue weighted by atomic mass is 9.84. The number of aliphatic hydroxyl groups is 1. The first kappa shape index (κ1) is 12.9. The molecule has 2 N–H and O–H groups in total. The van der Waals surface area contributed by atoms with Crippen LogP contribution in [-0.2, 0) is 9.47 Å². The Labute approximate surface area is 92.0 Å². The molecule has 1 aliphatic rings. The number of rotatable bonds is 6. The van der Waals surface area contributed by atoms with Gasteiger partial charge in [0, 0.05) is 26.3 Å². The van der Waals surface area contributed by atoms with Crippen molar-refractivity contribution in [2.75, 3.05) is 20.3 Å². The zero-order valence-corrected chi connectivity index (χ0v) is 10.1. The quantitative estimate of drug-likeness (QED) is 0.682. The Kier molecular flexibility index (Phi) is 4.52. The number of ether oxygens (including phenoxy) is 2. The third-order valence-corrected chi connectivity index (χ3v) is 2.70. The molecule has 1 fully saturated rings. The van der Waals surface area contributed by atoms with Crippen molar-refractivity contribution in [2.24, 2.45) is 0 Å². The molecule has 0 saturated heterocycles. The Morgan fingerprint density at radius 1 is 1.47 bits per heavy atom. The topological polar surface area (TPSA) is 50.7 Å². The Bertz CT molecular complexity index is 191. The first-order valence-electron chi connectivity index (χ1n) is 5.58. The minimum Gasteiger partial charge on any atom is -0.389 e. The molecule has 0 spiro atoms. The lowest BCUT2D eigenvalue weighted by Crippen LogP contribution is -2.61. The van der Waals surface area contributed by atoms with Crippen LogP contribution in [0.15, 0.2) is 0 Å². The van der Waals surface area contributed by atoms with Gasteiger partial charge in [0.15, 0.2) is 0 Å². The molecule has 4 heteroatoms. The first-order chi connectivity index (χ1) is 6.98. The Hall–Kier alpha value is -0.160. The highest BCUT2D eigenvalue weighted by molar-refractivity contribution is 4.97. The summed E-state index contributed by atoms with van der Waals surface area (Å²) in [4.78, 5) is 0. The van der Waals surface area contributed by atoms with Crippen LogP contribution >= 0.6 is 0 Å². The van der Waals surface area contributed by atoms with Gasteiger partial charge in [-0.25, -0.2) is 0 Å². The minimum atomic E-state index is -0.672. The first-order valence-corrected chi connectivity index (χ1v) is 5.58. The third kappa shape index (κ3) is 3.72. The van der Waals surface area contributed by atoms with Gasteiger partial charge in [-0.2, -0.15) is 0 Å². The second kappa shape index (κ2) is 5.25. The van der Waals surface area contributed by atoms with Crippen molar-refractivity contribution in [3.63, 3.8) is 0 Å². The molecule has 3 unspecified atom stereocenters. The summed E-state index contributed by atoms with van der Waals surface area (Å²) in [5, 5.41) is 12.9. The van der Waals surface area contributed by atoms with Crippen molar-refractivity contribution in [1.29, 1.82) is 0 Å². The van der Waals surface area contributed by atoms with E-state index in [2.05, 4.69) is 5.32 Å². The summed E-state index contributed by atoms with van der Waals surface area (Å²) in [7, 11) is 1.70. The fraction of sp³-hybridized carbons (Fsp3) is 1.00. The van der Waals surface area contributed by atoms with Crippen LogP contribution in [0.2, 0.25) is 0 Å². The van der Waals surface area contributed by atoms with Gasteiger partial charge in [0.05, 0.1) is 17.8 Å². The van der Waals surface area contributed by atoms with Gasteiger partial charge in [0.1, 0.15) is 0 Å². The highest BCUT2D eigenvalue weighted by Crippen LogP contribution is 2.27. The average Bonchev–Trinajstić information content (AvgIpc) is 2.08.